The Morgan fingerprint density at radius 2 is 0.784 bits per heavy atom. The number of ketones is 1. The maximum Gasteiger partial charge on any atom is 0.167 e. The van der Waals surface area contributed by atoms with E-state index in [9.17, 15) is 4.79 Å². The van der Waals surface area contributed by atoms with Crippen LogP contribution in [0.2, 0.25) is 0 Å². The molecule has 5 aromatic carbocycles. The van der Waals surface area contributed by atoms with Crippen molar-refractivity contribution in [2.45, 2.75) is 24.7 Å². The summed E-state index contributed by atoms with van der Waals surface area (Å²) in [6, 6.07) is 48.7. The van der Waals surface area contributed by atoms with E-state index in [4.69, 9.17) is 0 Å². The van der Waals surface area contributed by atoms with Crippen LogP contribution in [0.15, 0.2) is 140 Å². The van der Waals surface area contributed by atoms with E-state index in [0.29, 0.717) is 0 Å². The maximum atomic E-state index is 13.6. The summed E-state index contributed by atoms with van der Waals surface area (Å²) in [6.45, 7) is 0. The summed E-state index contributed by atoms with van der Waals surface area (Å²) in [5.41, 5.74) is 8.53. The topological polar surface area (TPSA) is 17.1 Å². The first-order valence-electron chi connectivity index (χ1n) is 13.1. The molecular formula is C36H30O. The molecule has 0 aliphatic heterocycles. The molecule has 0 heterocycles. The second kappa shape index (κ2) is 10.4. The van der Waals surface area contributed by atoms with Gasteiger partial charge in [-0.3, -0.25) is 4.79 Å². The third-order valence-electron chi connectivity index (χ3n) is 7.61. The molecule has 1 saturated carbocycles. The molecule has 1 aliphatic carbocycles. The summed E-state index contributed by atoms with van der Waals surface area (Å²) >= 11 is 0. The fourth-order valence-electron chi connectivity index (χ4n) is 5.64. The van der Waals surface area contributed by atoms with Gasteiger partial charge in [0.2, 0.25) is 0 Å². The van der Waals surface area contributed by atoms with Gasteiger partial charge in [-0.1, -0.05) is 140 Å². The predicted molar refractivity (Wildman–Crippen MR) is 151 cm³/mol. The van der Waals surface area contributed by atoms with E-state index < -0.39 is 0 Å². The molecule has 2 unspecified atom stereocenters. The average Bonchev–Trinajstić information content (AvgIpc) is 3.71. The Hall–Kier alpha value is -4.23. The lowest BCUT2D eigenvalue weighted by Gasteiger charge is -2.06. The first-order valence-corrected chi connectivity index (χ1v) is 13.1. The van der Waals surface area contributed by atoms with Gasteiger partial charge < -0.3 is 0 Å². The Morgan fingerprint density at radius 3 is 1.19 bits per heavy atom. The normalized spacial score (nSPS) is 18.3. The SMILES string of the molecule is O=C(c1ccccc1)C1C(c2ccc(Cc3ccccc3)cc2)C1c1ccc(Cc2ccccc2)cc1. The van der Waals surface area contributed by atoms with Crippen LogP contribution in [0.4, 0.5) is 0 Å². The lowest BCUT2D eigenvalue weighted by molar-refractivity contribution is 0.0963. The van der Waals surface area contributed by atoms with Gasteiger partial charge >= 0.3 is 0 Å². The van der Waals surface area contributed by atoms with E-state index in [0.717, 1.165) is 18.4 Å². The van der Waals surface area contributed by atoms with Gasteiger partial charge in [0.15, 0.2) is 5.78 Å². The van der Waals surface area contributed by atoms with Crippen LogP contribution >= 0.6 is 0 Å². The molecule has 0 aromatic heterocycles. The summed E-state index contributed by atoms with van der Waals surface area (Å²) in [6.07, 6.45) is 1.84. The molecule has 0 amide bonds. The van der Waals surface area contributed by atoms with Gasteiger partial charge in [0.1, 0.15) is 0 Å². The Kier molecular flexibility index (Phi) is 6.52. The van der Waals surface area contributed by atoms with E-state index >= 15 is 0 Å². The molecule has 37 heavy (non-hydrogen) atoms. The number of Topliss-reactive ketones (excluding diaryl/α,β-unsaturated/α-hetero) is 1. The van der Waals surface area contributed by atoms with E-state index in [1.165, 1.54) is 33.4 Å². The Bertz CT molecular complexity index is 1360. The van der Waals surface area contributed by atoms with Crippen LogP contribution in [0.1, 0.15) is 55.6 Å². The van der Waals surface area contributed by atoms with Crippen molar-refractivity contribution in [3.05, 3.63) is 178 Å². The van der Waals surface area contributed by atoms with Crippen molar-refractivity contribution in [1.29, 1.82) is 0 Å². The largest absolute Gasteiger partial charge is 0.294 e. The third kappa shape index (κ3) is 5.17. The lowest BCUT2D eigenvalue weighted by atomic mass is 9.99. The molecule has 0 N–H and O–H groups in total. The molecular weight excluding hydrogens is 448 g/mol. The number of benzene rings is 5. The maximum absolute atomic E-state index is 13.6. The van der Waals surface area contributed by atoms with Crippen LogP contribution in [0, 0.1) is 5.92 Å². The minimum absolute atomic E-state index is 0.0256. The van der Waals surface area contributed by atoms with Crippen LogP contribution < -0.4 is 0 Å². The highest BCUT2D eigenvalue weighted by Gasteiger charge is 2.55. The zero-order chi connectivity index (χ0) is 25.0. The smallest absolute Gasteiger partial charge is 0.167 e. The summed E-state index contributed by atoms with van der Waals surface area (Å²) in [5, 5.41) is 0. The van der Waals surface area contributed by atoms with E-state index in [2.05, 4.69) is 109 Å². The van der Waals surface area contributed by atoms with E-state index in [-0.39, 0.29) is 23.5 Å². The molecule has 1 fully saturated rings. The molecule has 180 valence electrons. The molecule has 1 heteroatoms. The van der Waals surface area contributed by atoms with E-state index in [1.807, 2.05) is 30.3 Å². The number of rotatable bonds is 8. The molecule has 0 saturated heterocycles. The van der Waals surface area contributed by atoms with Gasteiger partial charge in [-0.15, -0.1) is 0 Å². The Morgan fingerprint density at radius 1 is 0.432 bits per heavy atom. The van der Waals surface area contributed by atoms with Crippen LogP contribution in [0.5, 0.6) is 0 Å². The van der Waals surface area contributed by atoms with E-state index in [1.54, 1.807) is 0 Å². The van der Waals surface area contributed by atoms with Crippen molar-refractivity contribution in [1.82, 2.24) is 0 Å². The molecule has 2 atom stereocenters. The number of hydrogen-bond acceptors (Lipinski definition) is 1. The van der Waals surface area contributed by atoms with Gasteiger partial charge in [-0.05, 0) is 46.2 Å². The number of carbonyl (C=O) groups is 1. The van der Waals surface area contributed by atoms with Crippen molar-refractivity contribution in [2.75, 3.05) is 0 Å². The van der Waals surface area contributed by atoms with Crippen molar-refractivity contribution in [2.24, 2.45) is 5.92 Å². The van der Waals surface area contributed by atoms with Crippen LogP contribution in [0.25, 0.3) is 0 Å². The standard InChI is InChI=1S/C36H30O/c37-36(32-14-8-3-9-15-32)35-33(30-20-16-28(17-21-30)24-26-10-4-1-5-11-26)34(35)31-22-18-29(19-23-31)25-27-12-6-2-7-13-27/h1-23,33-35H,24-25H2. The quantitative estimate of drug-likeness (QED) is 0.205. The van der Waals surface area contributed by atoms with Crippen molar-refractivity contribution < 1.29 is 4.79 Å². The summed E-state index contributed by atoms with van der Waals surface area (Å²) < 4.78 is 0. The first-order chi connectivity index (χ1) is 18.3. The molecule has 0 spiro atoms. The number of hydrogen-bond donors (Lipinski definition) is 0. The molecule has 1 nitrogen and oxygen atoms in total. The second-order valence-corrected chi connectivity index (χ2v) is 10.1. The molecule has 1 aliphatic rings. The Balaban J connectivity index is 1.25. The van der Waals surface area contributed by atoms with Crippen molar-refractivity contribution in [3.63, 3.8) is 0 Å². The highest BCUT2D eigenvalue weighted by Crippen LogP contribution is 2.61. The lowest BCUT2D eigenvalue weighted by Crippen LogP contribution is -2.04. The minimum Gasteiger partial charge on any atom is -0.294 e. The predicted octanol–water partition coefficient (Wildman–Crippen LogP) is 8.25. The zero-order valence-corrected chi connectivity index (χ0v) is 20.8. The number of carbonyl (C=O) groups excluding carboxylic acids is 1. The fourth-order valence-corrected chi connectivity index (χ4v) is 5.64. The summed E-state index contributed by atoms with van der Waals surface area (Å²) in [5.74, 6) is 0.636. The average molecular weight is 479 g/mol. The molecule has 0 bridgehead atoms. The van der Waals surface area contributed by atoms with Crippen molar-refractivity contribution in [3.8, 4) is 0 Å². The van der Waals surface area contributed by atoms with Gasteiger partial charge in [-0.2, -0.15) is 0 Å². The van der Waals surface area contributed by atoms with Gasteiger partial charge in [0, 0.05) is 23.3 Å². The zero-order valence-electron chi connectivity index (χ0n) is 20.8. The molecule has 5 aromatic rings. The van der Waals surface area contributed by atoms with Crippen LogP contribution in [-0.4, -0.2) is 5.78 Å². The highest BCUT2D eigenvalue weighted by atomic mass is 16.1. The minimum atomic E-state index is -0.0256. The van der Waals surface area contributed by atoms with Crippen molar-refractivity contribution >= 4 is 5.78 Å². The first kappa shape index (κ1) is 23.2. The Labute approximate surface area is 219 Å². The fraction of sp³-hybridized carbons (Fsp3) is 0.139. The van der Waals surface area contributed by atoms with Gasteiger partial charge in [-0.25, -0.2) is 0 Å². The summed E-state index contributed by atoms with van der Waals surface area (Å²) in [7, 11) is 0. The van der Waals surface area contributed by atoms with Gasteiger partial charge in [0.05, 0.1) is 0 Å². The van der Waals surface area contributed by atoms with Crippen LogP contribution in [0.3, 0.4) is 0 Å². The highest BCUT2D eigenvalue weighted by molar-refractivity contribution is 6.01. The molecule has 0 radical (unpaired) electrons. The third-order valence-corrected chi connectivity index (χ3v) is 7.61. The molecule has 6 rings (SSSR count). The van der Waals surface area contributed by atoms with Gasteiger partial charge in [0.25, 0.3) is 0 Å². The monoisotopic (exact) mass is 478 g/mol. The summed E-state index contributed by atoms with van der Waals surface area (Å²) in [4.78, 5) is 13.6. The van der Waals surface area contributed by atoms with Crippen LogP contribution in [-0.2, 0) is 12.8 Å². The second-order valence-electron chi connectivity index (χ2n) is 10.1.